The molecule has 1 N–H and O–H groups in total. The molecule has 2 aliphatic heterocycles. The predicted octanol–water partition coefficient (Wildman–Crippen LogP) is 7.03. The lowest BCUT2D eigenvalue weighted by Gasteiger charge is -2.42. The van der Waals surface area contributed by atoms with Crippen molar-refractivity contribution in [3.05, 3.63) is 66.3 Å². The third-order valence-corrected chi connectivity index (χ3v) is 6.70. The van der Waals surface area contributed by atoms with Gasteiger partial charge in [0.15, 0.2) is 0 Å². The normalized spacial score (nSPS) is 26.1. The Bertz CT molecular complexity index is 775. The fourth-order valence-corrected chi connectivity index (χ4v) is 5.14. The van der Waals surface area contributed by atoms with Gasteiger partial charge in [-0.05, 0) is 93.6 Å². The summed E-state index contributed by atoms with van der Waals surface area (Å²) < 4.78 is 39.3. The summed E-state index contributed by atoms with van der Waals surface area (Å²) in [6, 6.07) is 4.23. The van der Waals surface area contributed by atoms with Crippen molar-refractivity contribution in [2.75, 3.05) is 31.5 Å². The van der Waals surface area contributed by atoms with Crippen LogP contribution in [0.2, 0.25) is 0 Å². The summed E-state index contributed by atoms with van der Waals surface area (Å²) in [6.07, 6.45) is 11.2. The number of nitrogens with one attached hydrogen (secondary N) is 1. The minimum absolute atomic E-state index is 0.282. The maximum absolute atomic E-state index is 13.1. The van der Waals surface area contributed by atoms with E-state index in [9.17, 15) is 13.2 Å². The number of likely N-dealkylation sites (tertiary alicyclic amines) is 1. The van der Waals surface area contributed by atoms with Gasteiger partial charge < -0.3 is 10.2 Å². The van der Waals surface area contributed by atoms with E-state index in [-0.39, 0.29) is 5.92 Å². The average molecular weight is 433 g/mol. The molecule has 2 nitrogen and oxygen atoms in total. The molecule has 0 bridgehead atoms. The van der Waals surface area contributed by atoms with E-state index < -0.39 is 11.7 Å². The van der Waals surface area contributed by atoms with Crippen molar-refractivity contribution >= 4 is 5.69 Å². The van der Waals surface area contributed by atoms with E-state index in [0.29, 0.717) is 11.8 Å². The molecule has 4 rings (SSSR count). The lowest BCUT2D eigenvalue weighted by Crippen LogP contribution is -2.37. The number of halogens is 3. The Morgan fingerprint density at radius 1 is 1.13 bits per heavy atom. The summed E-state index contributed by atoms with van der Waals surface area (Å²) in [5.74, 6) is 1.39. The molecule has 3 aliphatic rings. The van der Waals surface area contributed by atoms with E-state index in [2.05, 4.69) is 16.8 Å². The van der Waals surface area contributed by atoms with Gasteiger partial charge in [-0.3, -0.25) is 0 Å². The molecule has 3 atom stereocenters. The highest BCUT2D eigenvalue weighted by molar-refractivity contribution is 5.57. The quantitative estimate of drug-likeness (QED) is 0.514. The molecule has 1 saturated heterocycles. The Morgan fingerprint density at radius 2 is 1.90 bits per heavy atom. The van der Waals surface area contributed by atoms with Gasteiger partial charge in [-0.15, -0.1) is 0 Å². The maximum atomic E-state index is 13.1. The largest absolute Gasteiger partial charge is 0.416 e. The van der Waals surface area contributed by atoms with Crippen molar-refractivity contribution in [2.24, 2.45) is 11.8 Å². The van der Waals surface area contributed by atoms with Crippen LogP contribution in [-0.2, 0) is 6.18 Å². The Labute approximate surface area is 184 Å². The molecular weight excluding hydrogens is 397 g/mol. The number of nitrogens with zero attached hydrogens (tertiary/aromatic N) is 1. The molecule has 2 fully saturated rings. The van der Waals surface area contributed by atoms with Crippen LogP contribution in [0.3, 0.4) is 0 Å². The second-order valence-electron chi connectivity index (χ2n) is 8.88. The molecule has 3 unspecified atom stereocenters. The number of fused-ring (bicyclic) bond motifs is 3. The van der Waals surface area contributed by atoms with Crippen LogP contribution in [-0.4, -0.2) is 31.1 Å². The standard InChI is InChI=1S/C19H25F3N2.C7H10/c20-19(21,22)15-5-6-18-17(10-15)16-9-13(3-4-14(16)11-23-18)12-24-7-1-2-8-24;1-3-5-7-6-4-2/h5-6,10,13-14,16,23H,1-4,7-9,11-12H2;3-7H,1H2,2H3/b;6-4-,7-5-. The summed E-state index contributed by atoms with van der Waals surface area (Å²) in [6.45, 7) is 9.91. The van der Waals surface area contributed by atoms with Crippen molar-refractivity contribution in [1.82, 2.24) is 4.90 Å². The van der Waals surface area contributed by atoms with Crippen molar-refractivity contribution in [1.29, 1.82) is 0 Å². The summed E-state index contributed by atoms with van der Waals surface area (Å²) in [5.41, 5.74) is 1.30. The van der Waals surface area contributed by atoms with Gasteiger partial charge in [0.1, 0.15) is 0 Å². The first-order chi connectivity index (χ1) is 14.9. The zero-order valence-electron chi connectivity index (χ0n) is 18.5. The topological polar surface area (TPSA) is 15.3 Å². The van der Waals surface area contributed by atoms with Crippen molar-refractivity contribution in [2.45, 2.75) is 51.1 Å². The molecule has 31 heavy (non-hydrogen) atoms. The first-order valence-corrected chi connectivity index (χ1v) is 11.5. The van der Waals surface area contributed by atoms with Crippen molar-refractivity contribution < 1.29 is 13.2 Å². The fraction of sp³-hybridized carbons (Fsp3) is 0.538. The van der Waals surface area contributed by atoms with Crippen molar-refractivity contribution in [3.63, 3.8) is 0 Å². The second kappa shape index (κ2) is 11.0. The van der Waals surface area contributed by atoms with Crippen molar-refractivity contribution in [3.8, 4) is 0 Å². The van der Waals surface area contributed by atoms with Crippen LogP contribution < -0.4 is 5.32 Å². The number of anilines is 1. The van der Waals surface area contributed by atoms with Gasteiger partial charge in [0.2, 0.25) is 0 Å². The van der Waals surface area contributed by atoms with E-state index >= 15 is 0 Å². The lowest BCUT2D eigenvalue weighted by molar-refractivity contribution is -0.137. The first kappa shape index (κ1) is 23.6. The molecule has 170 valence electrons. The van der Waals surface area contributed by atoms with Gasteiger partial charge in [0.25, 0.3) is 0 Å². The SMILES string of the molecule is C=C/C=C\C=C/C.FC(F)(F)c1ccc2c(c1)C1CC(CN3CCCC3)CCC1CN2. The molecule has 1 aliphatic carbocycles. The van der Waals surface area contributed by atoms with Gasteiger partial charge in [-0.1, -0.05) is 37.0 Å². The molecule has 0 amide bonds. The maximum Gasteiger partial charge on any atom is 0.416 e. The van der Waals surface area contributed by atoms with Crippen LogP contribution in [0, 0.1) is 11.8 Å². The number of hydrogen-bond donors (Lipinski definition) is 1. The highest BCUT2D eigenvalue weighted by Gasteiger charge is 2.38. The monoisotopic (exact) mass is 432 g/mol. The van der Waals surface area contributed by atoms with Gasteiger partial charge in [0.05, 0.1) is 5.56 Å². The van der Waals surface area contributed by atoms with Gasteiger partial charge in [-0.25, -0.2) is 0 Å². The highest BCUT2D eigenvalue weighted by atomic mass is 19.4. The molecule has 1 aromatic rings. The van der Waals surface area contributed by atoms with E-state index in [1.54, 1.807) is 12.1 Å². The van der Waals surface area contributed by atoms with E-state index in [4.69, 9.17) is 0 Å². The Hall–Kier alpha value is -2.01. The van der Waals surface area contributed by atoms with Crippen LogP contribution in [0.15, 0.2) is 55.2 Å². The molecule has 5 heteroatoms. The fourth-order valence-electron chi connectivity index (χ4n) is 5.14. The molecule has 0 radical (unpaired) electrons. The molecule has 2 heterocycles. The number of allylic oxidation sites excluding steroid dienone is 5. The highest BCUT2D eigenvalue weighted by Crippen LogP contribution is 2.47. The smallest absolute Gasteiger partial charge is 0.385 e. The Morgan fingerprint density at radius 3 is 2.58 bits per heavy atom. The van der Waals surface area contributed by atoms with Crippen LogP contribution >= 0.6 is 0 Å². The van der Waals surface area contributed by atoms with Crippen LogP contribution in [0.5, 0.6) is 0 Å². The third-order valence-electron chi connectivity index (χ3n) is 6.70. The Balaban J connectivity index is 0.000000339. The van der Waals surface area contributed by atoms with Gasteiger partial charge in [0, 0.05) is 18.8 Å². The summed E-state index contributed by atoms with van der Waals surface area (Å²) in [4.78, 5) is 2.54. The van der Waals surface area contributed by atoms with E-state index in [0.717, 1.165) is 37.2 Å². The van der Waals surface area contributed by atoms with Crippen LogP contribution in [0.1, 0.15) is 56.1 Å². The molecular formula is C26H35F3N2. The molecule has 0 spiro atoms. The van der Waals surface area contributed by atoms with E-state index in [1.807, 2.05) is 31.2 Å². The number of rotatable bonds is 4. The zero-order valence-corrected chi connectivity index (χ0v) is 18.5. The molecule has 1 saturated carbocycles. The Kier molecular flexibility index (Phi) is 8.42. The second-order valence-corrected chi connectivity index (χ2v) is 8.88. The molecule has 0 aromatic heterocycles. The number of hydrogen-bond acceptors (Lipinski definition) is 2. The van der Waals surface area contributed by atoms with Gasteiger partial charge >= 0.3 is 6.18 Å². The zero-order chi connectivity index (χ0) is 22.3. The predicted molar refractivity (Wildman–Crippen MR) is 123 cm³/mol. The average Bonchev–Trinajstić information content (AvgIpc) is 3.26. The number of benzene rings is 1. The first-order valence-electron chi connectivity index (χ1n) is 11.5. The third kappa shape index (κ3) is 6.49. The van der Waals surface area contributed by atoms with E-state index in [1.165, 1.54) is 44.5 Å². The minimum atomic E-state index is -4.26. The lowest BCUT2D eigenvalue weighted by atomic mass is 9.69. The number of alkyl halides is 3. The molecule has 1 aromatic carbocycles. The van der Waals surface area contributed by atoms with Crippen LogP contribution in [0.25, 0.3) is 0 Å². The summed E-state index contributed by atoms with van der Waals surface area (Å²) in [5, 5.41) is 3.35. The summed E-state index contributed by atoms with van der Waals surface area (Å²) in [7, 11) is 0. The minimum Gasteiger partial charge on any atom is -0.385 e. The van der Waals surface area contributed by atoms with Gasteiger partial charge in [-0.2, -0.15) is 13.2 Å². The summed E-state index contributed by atoms with van der Waals surface area (Å²) >= 11 is 0. The van der Waals surface area contributed by atoms with Crippen LogP contribution in [0.4, 0.5) is 18.9 Å².